The zero-order valence-corrected chi connectivity index (χ0v) is 11.8. The maximum Gasteiger partial charge on any atom is 0.256 e. The Kier molecular flexibility index (Phi) is 3.94. The zero-order chi connectivity index (χ0) is 14.7. The Morgan fingerprint density at radius 2 is 2.10 bits per heavy atom. The fourth-order valence-corrected chi connectivity index (χ4v) is 2.34. The lowest BCUT2D eigenvalue weighted by Gasteiger charge is -2.22. The van der Waals surface area contributed by atoms with Crippen LogP contribution in [0.1, 0.15) is 17.3 Å². The van der Waals surface area contributed by atoms with Gasteiger partial charge in [-0.25, -0.2) is 5.48 Å². The van der Waals surface area contributed by atoms with Gasteiger partial charge in [-0.2, -0.15) is 15.0 Å². The van der Waals surface area contributed by atoms with Crippen molar-refractivity contribution in [2.24, 2.45) is 0 Å². The Hall–Kier alpha value is -2.25. The van der Waals surface area contributed by atoms with Crippen molar-refractivity contribution in [3.8, 4) is 5.69 Å². The van der Waals surface area contributed by atoms with Gasteiger partial charge in [0.2, 0.25) is 0 Å². The topological polar surface area (TPSA) is 72.3 Å². The minimum atomic E-state index is -0.0496. The third kappa shape index (κ3) is 2.93. The number of aromatic nitrogens is 3. The molecule has 1 aliphatic heterocycles. The fraction of sp³-hybridized carbons (Fsp3) is 0.357. The van der Waals surface area contributed by atoms with E-state index in [2.05, 4.69) is 15.7 Å². The molecule has 1 aliphatic rings. The molecular weight excluding hydrogens is 270 g/mol. The molecule has 0 aliphatic carbocycles. The van der Waals surface area contributed by atoms with Crippen LogP contribution >= 0.6 is 0 Å². The van der Waals surface area contributed by atoms with Gasteiger partial charge in [0.25, 0.3) is 5.91 Å². The van der Waals surface area contributed by atoms with Crippen LogP contribution in [0.25, 0.3) is 5.69 Å². The van der Waals surface area contributed by atoms with Gasteiger partial charge < -0.3 is 4.90 Å². The lowest BCUT2D eigenvalue weighted by Crippen LogP contribution is -2.37. The van der Waals surface area contributed by atoms with Crippen LogP contribution in [-0.2, 0) is 4.84 Å². The summed E-state index contributed by atoms with van der Waals surface area (Å²) in [6, 6.07) is 7.34. The van der Waals surface area contributed by atoms with Crippen LogP contribution in [-0.4, -0.2) is 51.5 Å². The van der Waals surface area contributed by atoms with Gasteiger partial charge in [-0.3, -0.25) is 9.63 Å². The predicted molar refractivity (Wildman–Crippen MR) is 75.8 cm³/mol. The van der Waals surface area contributed by atoms with Crippen molar-refractivity contribution in [3.63, 3.8) is 0 Å². The van der Waals surface area contributed by atoms with E-state index < -0.39 is 0 Å². The number of benzene rings is 1. The molecule has 1 fully saturated rings. The first-order valence-electron chi connectivity index (χ1n) is 6.89. The van der Waals surface area contributed by atoms with Gasteiger partial charge in [-0.05, 0) is 19.1 Å². The van der Waals surface area contributed by atoms with E-state index >= 15 is 0 Å². The number of nitrogens with zero attached hydrogens (tertiary/aromatic N) is 4. The lowest BCUT2D eigenvalue weighted by molar-refractivity contribution is -0.00474. The van der Waals surface area contributed by atoms with Crippen molar-refractivity contribution in [1.82, 2.24) is 25.4 Å². The maximum absolute atomic E-state index is 12.8. The largest absolute Gasteiger partial charge is 0.335 e. The van der Waals surface area contributed by atoms with E-state index in [1.54, 1.807) is 23.4 Å². The molecule has 7 heteroatoms. The second kappa shape index (κ2) is 6.02. The van der Waals surface area contributed by atoms with Crippen LogP contribution in [0.3, 0.4) is 0 Å². The summed E-state index contributed by atoms with van der Waals surface area (Å²) in [6.45, 7) is 3.69. The maximum atomic E-state index is 12.8. The number of para-hydroxylation sites is 1. The molecule has 1 N–H and O–H groups in total. The average Bonchev–Trinajstić information content (AvgIpc) is 2.95. The molecule has 0 unspecified atom stereocenters. The Balaban J connectivity index is 1.91. The highest BCUT2D eigenvalue weighted by Gasteiger charge is 2.23. The van der Waals surface area contributed by atoms with Crippen LogP contribution in [0.2, 0.25) is 0 Å². The molecule has 1 atom stereocenters. The molecule has 2 aromatic rings. The Bertz CT molecular complexity index is 614. The fourth-order valence-electron chi connectivity index (χ4n) is 2.34. The quantitative estimate of drug-likeness (QED) is 0.877. The summed E-state index contributed by atoms with van der Waals surface area (Å²) < 4.78 is 0. The standard InChI is InChI=1S/C14H17N5O2/c1-11-10-18(9-8-17-21-11)14(20)12-4-2-3-5-13(12)19-15-6-7-16-19/h2-7,11,17H,8-10H2,1H3/t11-/m0/s1. The van der Waals surface area contributed by atoms with Crippen LogP contribution < -0.4 is 5.48 Å². The molecule has 0 bridgehead atoms. The van der Waals surface area contributed by atoms with E-state index in [1.807, 2.05) is 25.1 Å². The highest BCUT2D eigenvalue weighted by molar-refractivity contribution is 5.97. The van der Waals surface area contributed by atoms with Gasteiger partial charge in [0.05, 0.1) is 29.7 Å². The summed E-state index contributed by atoms with van der Waals surface area (Å²) in [5, 5.41) is 8.21. The molecule has 0 spiro atoms. The van der Waals surface area contributed by atoms with Crippen molar-refractivity contribution >= 4 is 5.91 Å². The van der Waals surface area contributed by atoms with Crippen molar-refractivity contribution in [1.29, 1.82) is 0 Å². The number of rotatable bonds is 2. The normalized spacial score (nSPS) is 19.3. The minimum Gasteiger partial charge on any atom is -0.335 e. The number of carbonyl (C=O) groups is 1. The van der Waals surface area contributed by atoms with Gasteiger partial charge in [-0.1, -0.05) is 12.1 Å². The molecule has 110 valence electrons. The highest BCUT2D eigenvalue weighted by atomic mass is 16.7. The first-order valence-corrected chi connectivity index (χ1v) is 6.89. The van der Waals surface area contributed by atoms with Gasteiger partial charge in [-0.15, -0.1) is 0 Å². The highest BCUT2D eigenvalue weighted by Crippen LogP contribution is 2.16. The Morgan fingerprint density at radius 1 is 1.33 bits per heavy atom. The van der Waals surface area contributed by atoms with Gasteiger partial charge in [0.15, 0.2) is 0 Å². The molecule has 0 radical (unpaired) electrons. The predicted octanol–water partition coefficient (Wildman–Crippen LogP) is 0.633. The molecule has 1 amide bonds. The number of nitrogens with one attached hydrogen (secondary N) is 1. The van der Waals surface area contributed by atoms with Gasteiger partial charge in [0, 0.05) is 19.6 Å². The van der Waals surface area contributed by atoms with Crippen molar-refractivity contribution in [2.45, 2.75) is 13.0 Å². The first kappa shape index (κ1) is 13.7. The van der Waals surface area contributed by atoms with Crippen LogP contribution in [0.15, 0.2) is 36.7 Å². The number of hydrogen-bond acceptors (Lipinski definition) is 5. The molecule has 1 aromatic heterocycles. The number of hydroxylamine groups is 1. The molecular formula is C14H17N5O2. The van der Waals surface area contributed by atoms with Crippen LogP contribution in [0, 0.1) is 0 Å². The average molecular weight is 287 g/mol. The Morgan fingerprint density at radius 3 is 2.90 bits per heavy atom. The van der Waals surface area contributed by atoms with E-state index in [0.717, 1.165) is 0 Å². The summed E-state index contributed by atoms with van der Waals surface area (Å²) in [6.07, 6.45) is 3.13. The molecule has 21 heavy (non-hydrogen) atoms. The van der Waals surface area contributed by atoms with Crippen molar-refractivity contribution in [3.05, 3.63) is 42.2 Å². The number of amides is 1. The number of hydrogen-bond donors (Lipinski definition) is 1. The smallest absolute Gasteiger partial charge is 0.256 e. The summed E-state index contributed by atoms with van der Waals surface area (Å²) >= 11 is 0. The third-order valence-corrected chi connectivity index (χ3v) is 3.30. The van der Waals surface area contributed by atoms with Crippen LogP contribution in [0.4, 0.5) is 0 Å². The summed E-state index contributed by atoms with van der Waals surface area (Å²) in [4.78, 5) is 21.4. The monoisotopic (exact) mass is 287 g/mol. The van der Waals surface area contributed by atoms with E-state index in [-0.39, 0.29) is 12.0 Å². The molecule has 7 nitrogen and oxygen atoms in total. The van der Waals surface area contributed by atoms with Crippen LogP contribution in [0.5, 0.6) is 0 Å². The van der Waals surface area contributed by atoms with Crippen molar-refractivity contribution < 1.29 is 9.63 Å². The van der Waals surface area contributed by atoms with Gasteiger partial charge in [0.1, 0.15) is 0 Å². The molecule has 3 rings (SSSR count). The summed E-state index contributed by atoms with van der Waals surface area (Å²) in [5.41, 5.74) is 4.12. The minimum absolute atomic E-state index is 0.0398. The molecule has 1 saturated heterocycles. The van der Waals surface area contributed by atoms with Crippen molar-refractivity contribution in [2.75, 3.05) is 19.6 Å². The first-order chi connectivity index (χ1) is 10.3. The second-order valence-electron chi connectivity index (χ2n) is 4.91. The number of carbonyl (C=O) groups excluding carboxylic acids is 1. The van der Waals surface area contributed by atoms with Gasteiger partial charge >= 0.3 is 0 Å². The van der Waals surface area contributed by atoms with E-state index in [4.69, 9.17) is 4.84 Å². The molecule has 1 aromatic carbocycles. The second-order valence-corrected chi connectivity index (χ2v) is 4.91. The zero-order valence-electron chi connectivity index (χ0n) is 11.8. The van der Waals surface area contributed by atoms with E-state index in [0.29, 0.717) is 30.9 Å². The lowest BCUT2D eigenvalue weighted by atomic mass is 10.1. The third-order valence-electron chi connectivity index (χ3n) is 3.30. The molecule has 0 saturated carbocycles. The van der Waals surface area contributed by atoms with E-state index in [9.17, 15) is 4.79 Å². The summed E-state index contributed by atoms with van der Waals surface area (Å²) in [5.74, 6) is -0.0398. The van der Waals surface area contributed by atoms with E-state index in [1.165, 1.54) is 4.80 Å². The Labute approximate surface area is 122 Å². The molecule has 2 heterocycles. The SMILES string of the molecule is C[C@H]1CN(C(=O)c2ccccc2-n2nccn2)CCNO1. The summed E-state index contributed by atoms with van der Waals surface area (Å²) in [7, 11) is 0.